The number of methoxy groups -OCH3 is 1. The number of aliphatic hydroxyl groups is 1. The van der Waals surface area contributed by atoms with Crippen molar-refractivity contribution in [3.8, 4) is 23.0 Å². The van der Waals surface area contributed by atoms with E-state index in [0.29, 0.717) is 22.8 Å². The maximum absolute atomic E-state index is 13.2. The van der Waals surface area contributed by atoms with Gasteiger partial charge in [0.05, 0.1) is 24.4 Å². The summed E-state index contributed by atoms with van der Waals surface area (Å²) in [5.41, 5.74) is 0.769. The number of benzene rings is 3. The molecule has 0 aliphatic carbocycles. The number of fused-ring (bicyclic) bond motifs is 1. The Labute approximate surface area is 188 Å². The van der Waals surface area contributed by atoms with Crippen molar-refractivity contribution in [2.24, 2.45) is 0 Å². The van der Waals surface area contributed by atoms with Crippen LogP contribution in [-0.4, -0.2) is 35.8 Å². The van der Waals surface area contributed by atoms with Gasteiger partial charge in [0.15, 0.2) is 11.5 Å². The number of phenols is 1. The summed E-state index contributed by atoms with van der Waals surface area (Å²) in [6, 6.07) is 16.8. The van der Waals surface area contributed by atoms with Gasteiger partial charge in [-0.1, -0.05) is 30.3 Å². The third-order valence-electron chi connectivity index (χ3n) is 5.67. The number of anilines is 1. The van der Waals surface area contributed by atoms with Crippen molar-refractivity contribution in [3.63, 3.8) is 0 Å². The maximum Gasteiger partial charge on any atom is 0.300 e. The molecule has 33 heavy (non-hydrogen) atoms. The molecule has 1 fully saturated rings. The van der Waals surface area contributed by atoms with Gasteiger partial charge in [0.2, 0.25) is 6.79 Å². The van der Waals surface area contributed by atoms with Crippen molar-refractivity contribution in [3.05, 3.63) is 83.4 Å². The first-order chi connectivity index (χ1) is 16.0. The van der Waals surface area contributed by atoms with Gasteiger partial charge in [0.1, 0.15) is 17.3 Å². The summed E-state index contributed by atoms with van der Waals surface area (Å²) in [5, 5.41) is 21.7. The smallest absolute Gasteiger partial charge is 0.300 e. The van der Waals surface area contributed by atoms with E-state index < -0.39 is 17.7 Å². The molecular formula is C25H19NO7. The lowest BCUT2D eigenvalue weighted by Gasteiger charge is -2.27. The molecule has 8 heteroatoms. The monoisotopic (exact) mass is 445 g/mol. The Hall–Kier alpha value is -4.46. The molecule has 1 atom stereocenters. The van der Waals surface area contributed by atoms with Gasteiger partial charge < -0.3 is 24.4 Å². The molecule has 3 aromatic carbocycles. The van der Waals surface area contributed by atoms with Crippen molar-refractivity contribution >= 4 is 23.1 Å². The minimum absolute atomic E-state index is 0.0540. The molecule has 2 aliphatic heterocycles. The number of carbonyl (C=O) groups excluding carboxylic acids is 2. The van der Waals surface area contributed by atoms with Gasteiger partial charge in [0, 0.05) is 11.1 Å². The summed E-state index contributed by atoms with van der Waals surface area (Å²) < 4.78 is 16.2. The highest BCUT2D eigenvalue weighted by molar-refractivity contribution is 6.52. The van der Waals surface area contributed by atoms with Crippen LogP contribution in [0.1, 0.15) is 17.2 Å². The fourth-order valence-corrected chi connectivity index (χ4v) is 4.13. The molecule has 3 aromatic rings. The number of rotatable bonds is 4. The molecule has 1 unspecified atom stereocenters. The van der Waals surface area contributed by atoms with E-state index in [2.05, 4.69) is 0 Å². The maximum atomic E-state index is 13.2. The van der Waals surface area contributed by atoms with Crippen LogP contribution in [0.15, 0.2) is 72.3 Å². The van der Waals surface area contributed by atoms with Crippen LogP contribution in [0.3, 0.4) is 0 Å². The molecule has 0 aromatic heterocycles. The molecule has 2 aliphatic rings. The third kappa shape index (κ3) is 3.23. The fraction of sp³-hybridized carbons (Fsp3) is 0.120. The normalized spacial score (nSPS) is 18.6. The largest absolute Gasteiger partial charge is 0.507 e. The second-order valence-electron chi connectivity index (χ2n) is 7.47. The Bertz CT molecular complexity index is 1310. The number of ketones is 1. The van der Waals surface area contributed by atoms with Gasteiger partial charge in [-0.15, -0.1) is 0 Å². The van der Waals surface area contributed by atoms with Crippen molar-refractivity contribution < 1.29 is 34.0 Å². The van der Waals surface area contributed by atoms with E-state index in [1.165, 1.54) is 24.1 Å². The zero-order valence-corrected chi connectivity index (χ0v) is 17.5. The lowest BCUT2D eigenvalue weighted by molar-refractivity contribution is -0.132. The topological polar surface area (TPSA) is 106 Å². The van der Waals surface area contributed by atoms with Gasteiger partial charge in [-0.3, -0.25) is 14.5 Å². The first-order valence-electron chi connectivity index (χ1n) is 10.1. The third-order valence-corrected chi connectivity index (χ3v) is 5.67. The molecule has 8 nitrogen and oxygen atoms in total. The quantitative estimate of drug-likeness (QED) is 0.358. The van der Waals surface area contributed by atoms with E-state index in [1.807, 2.05) is 0 Å². The minimum atomic E-state index is -1.04. The first kappa shape index (κ1) is 20.4. The number of Topliss-reactive ketones (excluding diaryl/α,β-unsaturated/α-hetero) is 1. The Kier molecular flexibility index (Phi) is 4.90. The average Bonchev–Trinajstić information content (AvgIpc) is 3.41. The number of phenolic OH excluding ortho intramolecular Hbond substituents is 1. The summed E-state index contributed by atoms with van der Waals surface area (Å²) in [6.07, 6.45) is 0. The SMILES string of the molecule is COc1ccccc1C1/C(=C(\O)c2ccc3c(c2)OCO3)C(=O)C(=O)N1c1ccccc1O. The Morgan fingerprint density at radius 3 is 2.52 bits per heavy atom. The summed E-state index contributed by atoms with van der Waals surface area (Å²) >= 11 is 0. The van der Waals surface area contributed by atoms with E-state index in [9.17, 15) is 19.8 Å². The van der Waals surface area contributed by atoms with Crippen molar-refractivity contribution in [2.75, 3.05) is 18.8 Å². The van der Waals surface area contributed by atoms with Crippen molar-refractivity contribution in [2.45, 2.75) is 6.04 Å². The summed E-state index contributed by atoms with van der Waals surface area (Å²) in [7, 11) is 1.48. The standard InChI is InChI=1S/C25H19NO7/c1-31-18-9-5-2-6-15(18)22-21(23(28)14-10-11-19-20(12-14)33-13-32-19)24(29)25(30)26(22)16-7-3-4-8-17(16)27/h2-12,22,27-28H,13H2,1H3/b23-21+. The Morgan fingerprint density at radius 1 is 1.00 bits per heavy atom. The molecule has 0 saturated carbocycles. The second kappa shape index (κ2) is 7.90. The lowest BCUT2D eigenvalue weighted by Crippen LogP contribution is -2.29. The zero-order valence-electron chi connectivity index (χ0n) is 17.5. The number of carbonyl (C=O) groups is 2. The van der Waals surface area contributed by atoms with Gasteiger partial charge >= 0.3 is 0 Å². The summed E-state index contributed by atoms with van der Waals surface area (Å²) in [5.74, 6) is -0.964. The van der Waals surface area contributed by atoms with Gasteiger partial charge in [-0.05, 0) is 36.4 Å². The number of para-hydroxylation sites is 3. The number of aliphatic hydroxyl groups excluding tert-OH is 1. The summed E-state index contributed by atoms with van der Waals surface area (Å²) in [6.45, 7) is 0.0540. The van der Waals surface area contributed by atoms with E-state index >= 15 is 0 Å². The molecule has 166 valence electrons. The minimum Gasteiger partial charge on any atom is -0.507 e. The Morgan fingerprint density at radius 2 is 1.73 bits per heavy atom. The highest BCUT2D eigenvalue weighted by Gasteiger charge is 2.48. The average molecular weight is 445 g/mol. The number of aromatic hydroxyl groups is 1. The zero-order chi connectivity index (χ0) is 23.1. The predicted octanol–water partition coefficient (Wildman–Crippen LogP) is 3.76. The molecule has 0 bridgehead atoms. The highest BCUT2D eigenvalue weighted by Crippen LogP contribution is 2.47. The molecule has 0 spiro atoms. The molecular weight excluding hydrogens is 426 g/mol. The number of nitrogens with zero attached hydrogens (tertiary/aromatic N) is 1. The van der Waals surface area contributed by atoms with E-state index in [-0.39, 0.29) is 35.1 Å². The van der Waals surface area contributed by atoms with Crippen LogP contribution in [0.25, 0.3) is 5.76 Å². The Balaban J connectivity index is 1.75. The molecule has 1 saturated heterocycles. The molecule has 0 radical (unpaired) electrons. The van der Waals surface area contributed by atoms with Gasteiger partial charge in [0.25, 0.3) is 11.7 Å². The van der Waals surface area contributed by atoms with Gasteiger partial charge in [-0.2, -0.15) is 0 Å². The number of hydrogen-bond donors (Lipinski definition) is 2. The highest BCUT2D eigenvalue weighted by atomic mass is 16.7. The fourth-order valence-electron chi connectivity index (χ4n) is 4.13. The predicted molar refractivity (Wildman–Crippen MR) is 118 cm³/mol. The molecule has 1 amide bonds. The number of hydrogen-bond acceptors (Lipinski definition) is 7. The van der Waals surface area contributed by atoms with E-state index in [1.54, 1.807) is 54.6 Å². The molecule has 5 rings (SSSR count). The van der Waals surface area contributed by atoms with Crippen LogP contribution in [0.2, 0.25) is 0 Å². The van der Waals surface area contributed by atoms with Gasteiger partial charge in [-0.25, -0.2) is 0 Å². The summed E-state index contributed by atoms with van der Waals surface area (Å²) in [4.78, 5) is 27.6. The first-order valence-corrected chi connectivity index (χ1v) is 10.1. The van der Waals surface area contributed by atoms with E-state index in [4.69, 9.17) is 14.2 Å². The molecule has 2 heterocycles. The van der Waals surface area contributed by atoms with E-state index in [0.717, 1.165) is 0 Å². The van der Waals surface area contributed by atoms with Crippen LogP contribution >= 0.6 is 0 Å². The van der Waals surface area contributed by atoms with Crippen molar-refractivity contribution in [1.29, 1.82) is 0 Å². The second-order valence-corrected chi connectivity index (χ2v) is 7.47. The van der Waals surface area contributed by atoms with Crippen molar-refractivity contribution in [1.82, 2.24) is 0 Å². The van der Waals surface area contributed by atoms with Crippen LogP contribution in [0, 0.1) is 0 Å². The molecule has 2 N–H and O–H groups in total. The number of amides is 1. The van der Waals surface area contributed by atoms with Crippen LogP contribution in [0.4, 0.5) is 5.69 Å². The van der Waals surface area contributed by atoms with Crippen LogP contribution in [-0.2, 0) is 9.59 Å². The number of ether oxygens (including phenoxy) is 3. The van der Waals surface area contributed by atoms with Crippen LogP contribution in [0.5, 0.6) is 23.0 Å². The van der Waals surface area contributed by atoms with Crippen LogP contribution < -0.4 is 19.1 Å². The lowest BCUT2D eigenvalue weighted by atomic mass is 9.94.